The second-order valence-electron chi connectivity index (χ2n) is 2.29. The molecule has 0 N–H and O–H groups in total. The predicted octanol–water partition coefficient (Wildman–Crippen LogP) is 3.98. The van der Waals surface area contributed by atoms with E-state index in [4.69, 9.17) is 11.6 Å². The first-order valence-electron chi connectivity index (χ1n) is 3.88. The molecule has 64 valence electrons. The zero-order chi connectivity index (χ0) is 8.81. The summed E-state index contributed by atoms with van der Waals surface area (Å²) in [5.41, 5.74) is 1.16. The Morgan fingerprint density at radius 3 is 2.67 bits per heavy atom. The van der Waals surface area contributed by atoms with Gasteiger partial charge in [-0.05, 0) is 17.4 Å². The number of hydrogen-bond donors (Lipinski definition) is 0. The molecule has 0 spiro atoms. The predicted molar refractivity (Wildman–Crippen MR) is 58.4 cm³/mol. The minimum atomic E-state index is 0.851. The summed E-state index contributed by atoms with van der Waals surface area (Å²) in [6, 6.07) is 10.1. The van der Waals surface area contributed by atoms with Crippen molar-refractivity contribution in [2.75, 3.05) is 5.75 Å². The average molecular weight is 199 g/mol. The average Bonchev–Trinajstić information content (AvgIpc) is 2.06. The largest absolute Gasteiger partial charge is 0.114 e. The Morgan fingerprint density at radius 1 is 1.42 bits per heavy atom. The minimum Gasteiger partial charge on any atom is -0.114 e. The van der Waals surface area contributed by atoms with Crippen molar-refractivity contribution in [1.29, 1.82) is 0 Å². The maximum Gasteiger partial charge on any atom is 0.0740 e. The highest BCUT2D eigenvalue weighted by atomic mass is 35.5. The Morgan fingerprint density at radius 2 is 2.08 bits per heavy atom. The molecule has 0 saturated carbocycles. The van der Waals surface area contributed by atoms with Gasteiger partial charge in [-0.15, -0.1) is 11.8 Å². The van der Waals surface area contributed by atoms with Gasteiger partial charge in [0.15, 0.2) is 0 Å². The van der Waals surface area contributed by atoms with E-state index in [0.717, 1.165) is 15.7 Å². The zero-order valence-electron chi connectivity index (χ0n) is 6.96. The molecule has 0 atom stereocenters. The van der Waals surface area contributed by atoms with Crippen molar-refractivity contribution in [3.63, 3.8) is 0 Å². The van der Waals surface area contributed by atoms with Gasteiger partial charge in [0.05, 0.1) is 4.36 Å². The van der Waals surface area contributed by atoms with Crippen LogP contribution in [0.25, 0.3) is 6.08 Å². The maximum absolute atomic E-state index is 5.94. The second-order valence-corrected chi connectivity index (χ2v) is 4.23. The lowest BCUT2D eigenvalue weighted by Gasteiger charge is -1.95. The third kappa shape index (κ3) is 3.33. The maximum atomic E-state index is 5.94. The van der Waals surface area contributed by atoms with E-state index < -0.39 is 0 Å². The Balaban J connectivity index is 2.67. The molecule has 1 aromatic rings. The topological polar surface area (TPSA) is 0 Å². The van der Waals surface area contributed by atoms with Crippen molar-refractivity contribution in [1.82, 2.24) is 0 Å². The van der Waals surface area contributed by atoms with Crippen molar-refractivity contribution in [3.8, 4) is 0 Å². The van der Waals surface area contributed by atoms with E-state index in [9.17, 15) is 0 Å². The summed E-state index contributed by atoms with van der Waals surface area (Å²) in [5.74, 6) is 1.02. The highest BCUT2D eigenvalue weighted by Crippen LogP contribution is 2.22. The van der Waals surface area contributed by atoms with Crippen LogP contribution in [-0.4, -0.2) is 5.75 Å². The van der Waals surface area contributed by atoms with Gasteiger partial charge < -0.3 is 0 Å². The fourth-order valence-corrected chi connectivity index (χ4v) is 1.81. The summed E-state index contributed by atoms with van der Waals surface area (Å²) in [5, 5.41) is 0. The Kier molecular flexibility index (Phi) is 4.26. The van der Waals surface area contributed by atoms with E-state index in [2.05, 4.69) is 6.92 Å². The first-order valence-corrected chi connectivity index (χ1v) is 5.24. The number of benzene rings is 1. The third-order valence-corrected chi connectivity index (χ3v) is 2.48. The lowest BCUT2D eigenvalue weighted by Crippen LogP contribution is -1.71. The van der Waals surface area contributed by atoms with Gasteiger partial charge >= 0.3 is 0 Å². The van der Waals surface area contributed by atoms with Crippen LogP contribution in [0.4, 0.5) is 0 Å². The Bertz CT molecular complexity index is 254. The van der Waals surface area contributed by atoms with Crippen molar-refractivity contribution in [2.45, 2.75) is 6.92 Å². The molecule has 1 rings (SSSR count). The van der Waals surface area contributed by atoms with Gasteiger partial charge in [0.1, 0.15) is 0 Å². The first kappa shape index (κ1) is 9.69. The van der Waals surface area contributed by atoms with Crippen LogP contribution < -0.4 is 0 Å². The molecule has 12 heavy (non-hydrogen) atoms. The van der Waals surface area contributed by atoms with Crippen LogP contribution in [0.5, 0.6) is 0 Å². The van der Waals surface area contributed by atoms with Gasteiger partial charge in [-0.3, -0.25) is 0 Å². The minimum absolute atomic E-state index is 0.851. The quantitative estimate of drug-likeness (QED) is 0.708. The van der Waals surface area contributed by atoms with Crippen LogP contribution in [0.3, 0.4) is 0 Å². The lowest BCUT2D eigenvalue weighted by atomic mass is 10.2. The van der Waals surface area contributed by atoms with Crippen molar-refractivity contribution in [2.24, 2.45) is 0 Å². The van der Waals surface area contributed by atoms with Gasteiger partial charge in [0.25, 0.3) is 0 Å². The fourth-order valence-electron chi connectivity index (χ4n) is 0.860. The van der Waals surface area contributed by atoms with Gasteiger partial charge in [0, 0.05) is 0 Å². The van der Waals surface area contributed by atoms with E-state index >= 15 is 0 Å². The molecule has 0 fully saturated rings. The molecule has 0 aliphatic heterocycles. The molecule has 0 unspecified atom stereocenters. The van der Waals surface area contributed by atoms with Crippen LogP contribution in [-0.2, 0) is 0 Å². The highest BCUT2D eigenvalue weighted by molar-refractivity contribution is 8.04. The first-order chi connectivity index (χ1) is 5.83. The van der Waals surface area contributed by atoms with Gasteiger partial charge in [-0.1, -0.05) is 48.9 Å². The van der Waals surface area contributed by atoms with Crippen LogP contribution >= 0.6 is 23.4 Å². The second kappa shape index (κ2) is 5.28. The summed E-state index contributed by atoms with van der Waals surface area (Å²) in [6.45, 7) is 2.09. The fraction of sp³-hybridized carbons (Fsp3) is 0.200. The van der Waals surface area contributed by atoms with E-state index in [1.807, 2.05) is 36.4 Å². The smallest absolute Gasteiger partial charge is 0.0740 e. The van der Waals surface area contributed by atoms with Crippen LogP contribution in [0.15, 0.2) is 34.7 Å². The molecule has 0 nitrogen and oxygen atoms in total. The molecule has 0 saturated heterocycles. The number of thioether (sulfide) groups is 1. The standard InChI is InChI=1S/C10H11ClS/c1-2-12-10(11)8-9-6-4-3-5-7-9/h3-8H,2H2,1H3/b10-8+. The van der Waals surface area contributed by atoms with Crippen LogP contribution in [0, 0.1) is 0 Å². The third-order valence-electron chi connectivity index (χ3n) is 1.36. The SMILES string of the molecule is CCS/C(Cl)=C/c1ccccc1. The highest BCUT2D eigenvalue weighted by Gasteiger charge is 1.90. The molecule has 1 aromatic carbocycles. The van der Waals surface area contributed by atoms with E-state index in [1.165, 1.54) is 0 Å². The molecule has 0 heterocycles. The van der Waals surface area contributed by atoms with E-state index in [1.54, 1.807) is 11.8 Å². The molecular weight excluding hydrogens is 188 g/mol. The van der Waals surface area contributed by atoms with E-state index in [0.29, 0.717) is 0 Å². The molecule has 0 radical (unpaired) electrons. The molecule has 0 aliphatic rings. The van der Waals surface area contributed by atoms with Crippen molar-refractivity contribution >= 4 is 29.4 Å². The molecule has 0 bridgehead atoms. The van der Waals surface area contributed by atoms with E-state index in [-0.39, 0.29) is 0 Å². The monoisotopic (exact) mass is 198 g/mol. The number of rotatable bonds is 3. The molecule has 2 heteroatoms. The normalized spacial score (nSPS) is 11.7. The molecular formula is C10H11ClS. The van der Waals surface area contributed by atoms with Gasteiger partial charge in [0.2, 0.25) is 0 Å². The van der Waals surface area contributed by atoms with Crippen LogP contribution in [0.2, 0.25) is 0 Å². The Hall–Kier alpha value is -0.400. The van der Waals surface area contributed by atoms with Gasteiger partial charge in [-0.2, -0.15) is 0 Å². The summed E-state index contributed by atoms with van der Waals surface area (Å²) in [6.07, 6.45) is 1.98. The zero-order valence-corrected chi connectivity index (χ0v) is 8.53. The van der Waals surface area contributed by atoms with Crippen molar-refractivity contribution in [3.05, 3.63) is 40.3 Å². The van der Waals surface area contributed by atoms with Crippen molar-refractivity contribution < 1.29 is 0 Å². The number of halogens is 1. The summed E-state index contributed by atoms with van der Waals surface area (Å²) in [7, 11) is 0. The summed E-state index contributed by atoms with van der Waals surface area (Å²) >= 11 is 7.59. The lowest BCUT2D eigenvalue weighted by molar-refractivity contribution is 1.53. The summed E-state index contributed by atoms with van der Waals surface area (Å²) in [4.78, 5) is 0. The van der Waals surface area contributed by atoms with Crippen LogP contribution in [0.1, 0.15) is 12.5 Å². The molecule has 0 amide bonds. The number of hydrogen-bond acceptors (Lipinski definition) is 1. The molecule has 0 aromatic heterocycles. The van der Waals surface area contributed by atoms with Gasteiger partial charge in [-0.25, -0.2) is 0 Å². The Labute approximate surface area is 82.6 Å². The molecule has 0 aliphatic carbocycles. The summed E-state index contributed by atoms with van der Waals surface area (Å²) < 4.78 is 0.851.